The van der Waals surface area contributed by atoms with Crippen molar-refractivity contribution in [2.45, 2.75) is 32.4 Å². The molecule has 1 saturated heterocycles. The summed E-state index contributed by atoms with van der Waals surface area (Å²) in [5, 5.41) is 11.0. The smallest absolute Gasteiger partial charge is 0.410 e. The molecule has 1 heterocycles. The van der Waals surface area contributed by atoms with E-state index >= 15 is 0 Å². The van der Waals surface area contributed by atoms with Gasteiger partial charge in [-0.3, -0.25) is 10.1 Å². The third kappa shape index (κ3) is 3.47. The molecular weight excluding hydrogens is 286 g/mol. The van der Waals surface area contributed by atoms with Crippen LogP contribution in [0, 0.1) is 10.1 Å². The van der Waals surface area contributed by atoms with E-state index in [1.165, 1.54) is 6.07 Å². The van der Waals surface area contributed by atoms with E-state index in [2.05, 4.69) is 0 Å². The lowest BCUT2D eigenvalue weighted by atomic mass is 10.1. The summed E-state index contributed by atoms with van der Waals surface area (Å²) < 4.78 is 5.32. The molecule has 0 saturated carbocycles. The van der Waals surface area contributed by atoms with E-state index in [-0.39, 0.29) is 22.7 Å². The van der Waals surface area contributed by atoms with Crippen LogP contribution in [0.2, 0.25) is 0 Å². The number of nitro groups is 1. The van der Waals surface area contributed by atoms with Crippen molar-refractivity contribution in [2.75, 3.05) is 25.0 Å². The molecule has 0 unspecified atom stereocenters. The molecule has 0 bridgehead atoms. The Morgan fingerprint density at radius 2 is 1.95 bits per heavy atom. The molecule has 1 aliphatic rings. The second kappa shape index (κ2) is 5.82. The number of rotatable bonds is 3. The summed E-state index contributed by atoms with van der Waals surface area (Å²) in [4.78, 5) is 26.1. The number of anilines is 1. The fourth-order valence-electron chi connectivity index (χ4n) is 2.27. The number of likely N-dealkylation sites (N-methyl/N-ethyl adjacent to an activating group) is 1. The molecule has 1 aromatic rings. The Bertz CT molecular complexity index is 576. The van der Waals surface area contributed by atoms with Crippen LogP contribution in [-0.4, -0.2) is 47.7 Å². The van der Waals surface area contributed by atoms with Crippen LogP contribution < -0.4 is 4.90 Å². The number of para-hydroxylation sites is 2. The zero-order valence-corrected chi connectivity index (χ0v) is 13.3. The number of hydrogen-bond donors (Lipinski definition) is 0. The first-order chi connectivity index (χ1) is 10.2. The van der Waals surface area contributed by atoms with Crippen molar-refractivity contribution in [1.29, 1.82) is 0 Å². The SMILES string of the molecule is CN(C(=O)OC(C)(C)C)C1CN(c2ccccc2[N+](=O)[O-])C1. The van der Waals surface area contributed by atoms with E-state index in [1.54, 1.807) is 30.1 Å². The minimum atomic E-state index is -0.535. The molecule has 1 aromatic carbocycles. The van der Waals surface area contributed by atoms with Crippen molar-refractivity contribution in [3.05, 3.63) is 34.4 Å². The normalized spacial score (nSPS) is 15.2. The van der Waals surface area contributed by atoms with E-state index in [0.29, 0.717) is 18.8 Å². The summed E-state index contributed by atoms with van der Waals surface area (Å²) in [5.41, 5.74) is 0.134. The fraction of sp³-hybridized carbons (Fsp3) is 0.533. The molecule has 0 atom stereocenters. The van der Waals surface area contributed by atoms with Gasteiger partial charge in [0.1, 0.15) is 11.3 Å². The van der Waals surface area contributed by atoms with Crippen LogP contribution in [0.4, 0.5) is 16.2 Å². The van der Waals surface area contributed by atoms with Gasteiger partial charge in [-0.25, -0.2) is 4.79 Å². The lowest BCUT2D eigenvalue weighted by molar-refractivity contribution is -0.384. The van der Waals surface area contributed by atoms with E-state index in [0.717, 1.165) is 0 Å². The molecule has 1 aliphatic heterocycles. The van der Waals surface area contributed by atoms with Crippen LogP contribution in [0.3, 0.4) is 0 Å². The van der Waals surface area contributed by atoms with Gasteiger partial charge in [-0.05, 0) is 26.8 Å². The monoisotopic (exact) mass is 307 g/mol. The molecule has 0 aromatic heterocycles. The first-order valence-electron chi connectivity index (χ1n) is 7.13. The van der Waals surface area contributed by atoms with Gasteiger partial charge in [0.05, 0.1) is 11.0 Å². The summed E-state index contributed by atoms with van der Waals surface area (Å²) in [5.74, 6) is 0. The number of carbonyl (C=O) groups is 1. The standard InChI is InChI=1S/C15H21N3O4/c1-15(2,3)22-14(19)16(4)11-9-17(10-11)12-7-5-6-8-13(12)18(20)21/h5-8,11H,9-10H2,1-4H3. The highest BCUT2D eigenvalue weighted by atomic mass is 16.6. The summed E-state index contributed by atoms with van der Waals surface area (Å²) in [7, 11) is 1.69. The molecule has 7 heteroatoms. The maximum absolute atomic E-state index is 12.0. The Morgan fingerprint density at radius 3 is 2.50 bits per heavy atom. The van der Waals surface area contributed by atoms with Gasteiger partial charge in [0.25, 0.3) is 5.69 Å². The van der Waals surface area contributed by atoms with Crippen molar-refractivity contribution in [1.82, 2.24) is 4.90 Å². The Kier molecular flexibility index (Phi) is 4.25. The highest BCUT2D eigenvalue weighted by Crippen LogP contribution is 2.32. The number of nitrogens with zero attached hydrogens (tertiary/aromatic N) is 3. The lowest BCUT2D eigenvalue weighted by Gasteiger charge is -2.44. The van der Waals surface area contributed by atoms with E-state index < -0.39 is 5.60 Å². The van der Waals surface area contributed by atoms with Crippen molar-refractivity contribution in [3.63, 3.8) is 0 Å². The van der Waals surface area contributed by atoms with Crippen LogP contribution in [0.25, 0.3) is 0 Å². The van der Waals surface area contributed by atoms with Crippen molar-refractivity contribution < 1.29 is 14.5 Å². The van der Waals surface area contributed by atoms with Gasteiger partial charge in [-0.2, -0.15) is 0 Å². The Morgan fingerprint density at radius 1 is 1.36 bits per heavy atom. The van der Waals surface area contributed by atoms with Gasteiger partial charge >= 0.3 is 6.09 Å². The molecule has 0 aliphatic carbocycles. The van der Waals surface area contributed by atoms with Crippen molar-refractivity contribution in [3.8, 4) is 0 Å². The van der Waals surface area contributed by atoms with Gasteiger partial charge in [-0.15, -0.1) is 0 Å². The topological polar surface area (TPSA) is 75.9 Å². The third-order valence-corrected chi connectivity index (χ3v) is 3.51. The highest BCUT2D eigenvalue weighted by Gasteiger charge is 2.36. The predicted molar refractivity (Wildman–Crippen MR) is 83.1 cm³/mol. The van der Waals surface area contributed by atoms with Gasteiger partial charge in [0, 0.05) is 26.2 Å². The zero-order chi connectivity index (χ0) is 16.5. The molecule has 0 spiro atoms. The minimum Gasteiger partial charge on any atom is -0.444 e. The van der Waals surface area contributed by atoms with E-state index in [4.69, 9.17) is 4.74 Å². The fourth-order valence-corrected chi connectivity index (χ4v) is 2.27. The summed E-state index contributed by atoms with van der Waals surface area (Å²) in [6, 6.07) is 6.62. The number of ether oxygens (including phenoxy) is 1. The van der Waals surface area contributed by atoms with E-state index in [1.807, 2.05) is 25.7 Å². The van der Waals surface area contributed by atoms with Crippen LogP contribution in [-0.2, 0) is 4.74 Å². The number of nitro benzene ring substituents is 1. The number of hydrogen-bond acceptors (Lipinski definition) is 5. The second-order valence-corrected chi connectivity index (χ2v) is 6.40. The average molecular weight is 307 g/mol. The van der Waals surface area contributed by atoms with Crippen LogP contribution >= 0.6 is 0 Å². The van der Waals surface area contributed by atoms with Crippen LogP contribution in [0.5, 0.6) is 0 Å². The molecule has 1 amide bonds. The molecule has 0 N–H and O–H groups in total. The maximum atomic E-state index is 12.0. The number of amides is 1. The summed E-state index contributed by atoms with van der Waals surface area (Å²) in [6.45, 7) is 6.57. The Balaban J connectivity index is 1.98. The van der Waals surface area contributed by atoms with E-state index in [9.17, 15) is 14.9 Å². The molecule has 120 valence electrons. The average Bonchev–Trinajstić information content (AvgIpc) is 2.35. The first kappa shape index (κ1) is 16.1. The Labute approximate surface area is 129 Å². The number of carbonyl (C=O) groups excluding carboxylic acids is 1. The maximum Gasteiger partial charge on any atom is 0.410 e. The predicted octanol–water partition coefficient (Wildman–Crippen LogP) is 2.65. The molecule has 1 fully saturated rings. The van der Waals surface area contributed by atoms with Crippen LogP contribution in [0.15, 0.2) is 24.3 Å². The van der Waals surface area contributed by atoms with Crippen LogP contribution in [0.1, 0.15) is 20.8 Å². The van der Waals surface area contributed by atoms with Gasteiger partial charge in [0.2, 0.25) is 0 Å². The summed E-state index contributed by atoms with van der Waals surface area (Å²) in [6.07, 6.45) is -0.375. The quantitative estimate of drug-likeness (QED) is 0.634. The molecule has 7 nitrogen and oxygen atoms in total. The molecule has 22 heavy (non-hydrogen) atoms. The third-order valence-electron chi connectivity index (χ3n) is 3.51. The molecule has 0 radical (unpaired) electrons. The van der Waals surface area contributed by atoms with Crippen molar-refractivity contribution >= 4 is 17.5 Å². The number of benzene rings is 1. The zero-order valence-electron chi connectivity index (χ0n) is 13.3. The first-order valence-corrected chi connectivity index (χ1v) is 7.13. The van der Waals surface area contributed by atoms with Gasteiger partial charge < -0.3 is 14.5 Å². The Hall–Kier alpha value is -2.31. The van der Waals surface area contributed by atoms with Gasteiger partial charge in [0.15, 0.2) is 0 Å². The lowest BCUT2D eigenvalue weighted by Crippen LogP contribution is -2.60. The highest BCUT2D eigenvalue weighted by molar-refractivity contribution is 5.70. The molecular formula is C15H21N3O4. The largest absolute Gasteiger partial charge is 0.444 e. The van der Waals surface area contributed by atoms with Gasteiger partial charge in [-0.1, -0.05) is 12.1 Å². The minimum absolute atomic E-state index is 0.00494. The molecule has 2 rings (SSSR count). The summed E-state index contributed by atoms with van der Waals surface area (Å²) >= 11 is 0. The van der Waals surface area contributed by atoms with Crippen molar-refractivity contribution in [2.24, 2.45) is 0 Å². The second-order valence-electron chi connectivity index (χ2n) is 6.40.